The van der Waals surface area contributed by atoms with Crippen LogP contribution in [-0.4, -0.2) is 48.2 Å². The number of nitrogens with zero attached hydrogens (tertiary/aromatic N) is 10. The highest BCUT2D eigenvalue weighted by atomic mass is 15.1. The Morgan fingerprint density at radius 2 is 0.313 bits per heavy atom. The molecule has 0 spiro atoms. The third kappa shape index (κ3) is 14.2. The van der Waals surface area contributed by atoms with Gasteiger partial charge in [-0.15, -0.1) is 0 Å². The molecule has 0 saturated heterocycles. The second-order valence-corrected chi connectivity index (χ2v) is 34.1. The van der Waals surface area contributed by atoms with Gasteiger partial charge in [0.1, 0.15) is 0 Å². The second-order valence-electron chi connectivity index (χ2n) is 34.1. The normalized spacial score (nSPS) is 11.6. The van der Waals surface area contributed by atoms with E-state index in [0.29, 0.717) is 34.9 Å². The van der Waals surface area contributed by atoms with Gasteiger partial charge in [-0.3, -0.25) is 0 Å². The molecular formula is C124H80N10. The summed E-state index contributed by atoms with van der Waals surface area (Å²) in [5.74, 6) is 3.63. The van der Waals surface area contributed by atoms with Crippen molar-refractivity contribution < 1.29 is 0 Å². The van der Waals surface area contributed by atoms with E-state index >= 15 is 0 Å². The molecule has 626 valence electrons. The molecule has 0 aliphatic heterocycles. The van der Waals surface area contributed by atoms with Crippen molar-refractivity contribution in [1.82, 2.24) is 48.2 Å². The molecule has 0 radical (unpaired) electrons. The Morgan fingerprint density at radius 1 is 0.112 bits per heavy atom. The number of para-hydroxylation sites is 4. The van der Waals surface area contributed by atoms with E-state index in [1.807, 2.05) is 6.07 Å². The van der Waals surface area contributed by atoms with Gasteiger partial charge >= 0.3 is 0 Å². The molecule has 0 aliphatic rings. The summed E-state index contributed by atoms with van der Waals surface area (Å²) in [5.41, 5.74) is 30.4. The Hall–Kier alpha value is -18.1. The van der Waals surface area contributed by atoms with Crippen LogP contribution in [0.5, 0.6) is 0 Å². The summed E-state index contributed by atoms with van der Waals surface area (Å²) in [7, 11) is 0. The molecule has 0 atom stereocenters. The summed E-state index contributed by atoms with van der Waals surface area (Å²) < 4.78 is 9.42. The third-order valence-corrected chi connectivity index (χ3v) is 26.1. The van der Waals surface area contributed by atoms with Crippen molar-refractivity contribution in [2.24, 2.45) is 0 Å². The lowest BCUT2D eigenvalue weighted by Gasteiger charge is -2.13. The maximum absolute atomic E-state index is 5.32. The van der Waals surface area contributed by atoms with Gasteiger partial charge in [-0.25, -0.2) is 29.9 Å². The van der Waals surface area contributed by atoms with Crippen LogP contribution in [0.25, 0.3) is 245 Å². The molecule has 134 heavy (non-hydrogen) atoms. The molecule has 0 amide bonds. The van der Waals surface area contributed by atoms with Gasteiger partial charge in [0, 0.05) is 99.2 Å². The maximum atomic E-state index is 5.32. The van der Waals surface area contributed by atoms with Crippen molar-refractivity contribution in [3.8, 4) is 147 Å². The van der Waals surface area contributed by atoms with Crippen LogP contribution in [0.15, 0.2) is 485 Å². The smallest absolute Gasteiger partial charge is 0.164 e. The first kappa shape index (κ1) is 78.2. The monoisotopic (exact) mass is 1710 g/mol. The van der Waals surface area contributed by atoms with Crippen LogP contribution in [0.2, 0.25) is 0 Å². The number of rotatable bonds is 15. The first-order valence-electron chi connectivity index (χ1n) is 45.4. The topological polar surface area (TPSA) is 97.1 Å². The first-order valence-corrected chi connectivity index (χ1v) is 45.4. The van der Waals surface area contributed by atoms with Gasteiger partial charge in [0.2, 0.25) is 0 Å². The summed E-state index contributed by atoms with van der Waals surface area (Å²) in [6, 6.07) is 172. The van der Waals surface area contributed by atoms with Crippen LogP contribution >= 0.6 is 0 Å². The zero-order valence-corrected chi connectivity index (χ0v) is 72.7. The first-order chi connectivity index (χ1) is 66.4. The number of benzene rings is 20. The Bertz CT molecular complexity index is 8630. The molecule has 0 aliphatic carbocycles. The van der Waals surface area contributed by atoms with Gasteiger partial charge in [0.15, 0.2) is 34.9 Å². The van der Waals surface area contributed by atoms with Crippen molar-refractivity contribution in [3.63, 3.8) is 0 Å². The summed E-state index contributed by atoms with van der Waals surface area (Å²) >= 11 is 0. The molecule has 10 nitrogen and oxygen atoms in total. The van der Waals surface area contributed by atoms with Gasteiger partial charge < -0.3 is 18.3 Å². The van der Waals surface area contributed by atoms with Crippen LogP contribution in [0, 0.1) is 0 Å². The average molecular weight is 1710 g/mol. The van der Waals surface area contributed by atoms with Gasteiger partial charge in [0.05, 0.1) is 44.1 Å². The molecule has 10 heteroatoms. The lowest BCUT2D eigenvalue weighted by Crippen LogP contribution is -2.02. The van der Waals surface area contributed by atoms with E-state index < -0.39 is 0 Å². The lowest BCUT2D eigenvalue weighted by atomic mass is 10.0. The Morgan fingerprint density at radius 3 is 0.604 bits per heavy atom. The molecule has 0 fully saturated rings. The Kier molecular flexibility index (Phi) is 19.4. The minimum absolute atomic E-state index is 0.597. The van der Waals surface area contributed by atoms with Crippen molar-refractivity contribution in [1.29, 1.82) is 0 Å². The van der Waals surface area contributed by atoms with Crippen molar-refractivity contribution in [2.45, 2.75) is 0 Å². The summed E-state index contributed by atoms with van der Waals surface area (Å²) in [6.07, 6.45) is 0. The van der Waals surface area contributed by atoms with E-state index in [0.717, 1.165) is 117 Å². The fraction of sp³-hybridized carbons (Fsp3) is 0. The molecule has 6 aromatic heterocycles. The van der Waals surface area contributed by atoms with Gasteiger partial charge in [-0.05, 0) is 200 Å². The van der Waals surface area contributed by atoms with Crippen LogP contribution in [-0.2, 0) is 0 Å². The molecule has 0 N–H and O–H groups in total. The Balaban J connectivity index is 0.000000143. The summed E-state index contributed by atoms with van der Waals surface area (Å²) in [6.45, 7) is 0. The third-order valence-electron chi connectivity index (χ3n) is 26.1. The standard InChI is InChI=1S/C63H41N5.C61H39N5/c1-4-17-42(18-5-1)45-23-14-24-48(37-45)61-64-62(49-25-15-27-51(38-49)67-57-31-12-10-29-53(57)55-40-46(33-35-59(55)67)43-19-6-2-7-20-43)66-63(65-61)50-26-16-28-52(39-50)68-58-32-13-11-30-54(58)56-41-47(34-36-60(56)68)44-21-8-3-9-22-44;1-3-15-40(16-4-1)44-31-33-57-53(38-44)51-25-9-11-27-55(51)65(57)49-23-13-21-46(36-49)59-62-60(64-61(63-59)48-30-29-42-19-7-8-20-43(42)35-48)47-22-14-24-50(37-47)66-56-28-12-10-26-52(56)54-39-45(32-34-58(54)66)41-17-5-2-6-18-41/h1-41H;1-39H. The minimum Gasteiger partial charge on any atom is -0.309 e. The predicted octanol–water partition coefficient (Wildman–Crippen LogP) is 31.6. The summed E-state index contributed by atoms with van der Waals surface area (Å²) in [5, 5.41) is 11.9. The van der Waals surface area contributed by atoms with Crippen molar-refractivity contribution in [3.05, 3.63) is 485 Å². The number of aromatic nitrogens is 10. The van der Waals surface area contributed by atoms with E-state index in [1.165, 1.54) is 93.0 Å². The van der Waals surface area contributed by atoms with Crippen LogP contribution in [0.3, 0.4) is 0 Å². The van der Waals surface area contributed by atoms with Gasteiger partial charge in [0.25, 0.3) is 0 Å². The maximum Gasteiger partial charge on any atom is 0.164 e. The van der Waals surface area contributed by atoms with Crippen molar-refractivity contribution in [2.75, 3.05) is 0 Å². The van der Waals surface area contributed by atoms with E-state index in [2.05, 4.69) is 498 Å². The fourth-order valence-electron chi connectivity index (χ4n) is 19.7. The van der Waals surface area contributed by atoms with E-state index in [9.17, 15) is 0 Å². The zero-order chi connectivity index (χ0) is 88.5. The highest BCUT2D eigenvalue weighted by molar-refractivity contribution is 6.14. The van der Waals surface area contributed by atoms with Crippen molar-refractivity contribution >= 4 is 98.0 Å². The Labute approximate surface area is 772 Å². The second kappa shape index (κ2) is 33.2. The molecule has 0 bridgehead atoms. The molecule has 6 heterocycles. The molecule has 26 aromatic rings. The van der Waals surface area contributed by atoms with Crippen LogP contribution < -0.4 is 0 Å². The number of fused-ring (bicyclic) bond motifs is 13. The van der Waals surface area contributed by atoms with Gasteiger partial charge in [-0.2, -0.15) is 0 Å². The number of hydrogen-bond donors (Lipinski definition) is 0. The lowest BCUT2D eigenvalue weighted by molar-refractivity contribution is 1.07. The van der Waals surface area contributed by atoms with E-state index in [-0.39, 0.29) is 0 Å². The predicted molar refractivity (Wildman–Crippen MR) is 554 cm³/mol. The van der Waals surface area contributed by atoms with Crippen LogP contribution in [0.1, 0.15) is 0 Å². The highest BCUT2D eigenvalue weighted by Gasteiger charge is 2.24. The SMILES string of the molecule is c1ccc(-c2ccc3c(c2)c2ccccc2n3-c2cccc(-c3nc(-c4cccc(-n5c6ccccc6c6cc(-c7ccccc7)ccc65)c4)nc(-c4ccc5ccccc5c4)n3)c2)cc1.c1ccc(-c2cccc(-c3nc(-c4cccc(-n5c6ccccc6c6cc(-c7ccccc7)ccc65)c4)nc(-c4cccc(-n5c6ccccc6c6cc(-c7ccccc7)ccc65)c4)n3)c2)cc1. The average Bonchev–Trinajstić information content (AvgIpc) is 1.60. The fourth-order valence-corrected chi connectivity index (χ4v) is 19.7. The number of hydrogen-bond acceptors (Lipinski definition) is 6. The minimum atomic E-state index is 0.597. The largest absolute Gasteiger partial charge is 0.309 e. The molecule has 20 aromatic carbocycles. The molecular weight excluding hydrogens is 1630 g/mol. The van der Waals surface area contributed by atoms with E-state index in [4.69, 9.17) is 29.9 Å². The summed E-state index contributed by atoms with van der Waals surface area (Å²) in [4.78, 5) is 31.7. The molecule has 26 rings (SSSR count). The van der Waals surface area contributed by atoms with Crippen LogP contribution in [0.4, 0.5) is 0 Å². The highest BCUT2D eigenvalue weighted by Crippen LogP contribution is 2.44. The van der Waals surface area contributed by atoms with Gasteiger partial charge in [-0.1, -0.05) is 352 Å². The quantitative estimate of drug-likeness (QED) is 0.101. The zero-order valence-electron chi connectivity index (χ0n) is 72.7. The molecule has 0 unspecified atom stereocenters. The van der Waals surface area contributed by atoms with E-state index in [1.54, 1.807) is 0 Å². The molecule has 0 saturated carbocycles.